The van der Waals surface area contributed by atoms with E-state index < -0.39 is 0 Å². The number of benzene rings is 1. The van der Waals surface area contributed by atoms with E-state index in [9.17, 15) is 9.59 Å². The highest BCUT2D eigenvalue weighted by Gasteiger charge is 2.13. The fourth-order valence-corrected chi connectivity index (χ4v) is 2.31. The zero-order valence-corrected chi connectivity index (χ0v) is 13.5. The van der Waals surface area contributed by atoms with Crippen LogP contribution in [0.15, 0.2) is 24.3 Å². The Morgan fingerprint density at radius 3 is 2.57 bits per heavy atom. The van der Waals surface area contributed by atoms with Crippen molar-refractivity contribution < 1.29 is 19.1 Å². The predicted molar refractivity (Wildman–Crippen MR) is 84.6 cm³/mol. The Hall–Kier alpha value is -2.52. The fraction of sp³-hybridized carbons (Fsp3) is 0.286. The summed E-state index contributed by atoms with van der Waals surface area (Å²) in [7, 11) is 3.01. The first-order chi connectivity index (χ1) is 11.1. The van der Waals surface area contributed by atoms with Gasteiger partial charge in [-0.25, -0.2) is 0 Å². The van der Waals surface area contributed by atoms with E-state index in [1.807, 2.05) is 0 Å². The van der Waals surface area contributed by atoms with Crippen LogP contribution >= 0.6 is 11.3 Å². The van der Waals surface area contributed by atoms with Crippen molar-refractivity contribution in [3.8, 4) is 5.75 Å². The zero-order valence-electron chi connectivity index (χ0n) is 12.7. The van der Waals surface area contributed by atoms with Crippen LogP contribution in [-0.4, -0.2) is 42.8 Å². The van der Waals surface area contributed by atoms with Gasteiger partial charge in [-0.15, -0.1) is 10.2 Å². The van der Waals surface area contributed by atoms with Crippen molar-refractivity contribution in [3.63, 3.8) is 0 Å². The molecule has 2 amide bonds. The van der Waals surface area contributed by atoms with Gasteiger partial charge in [0.05, 0.1) is 13.7 Å². The van der Waals surface area contributed by atoms with Gasteiger partial charge in [0.25, 0.3) is 5.91 Å². The maximum Gasteiger partial charge on any atom is 0.286 e. The van der Waals surface area contributed by atoms with Gasteiger partial charge in [0.2, 0.25) is 10.9 Å². The summed E-state index contributed by atoms with van der Waals surface area (Å²) in [6, 6.07) is 6.94. The molecular weight excluding hydrogens is 320 g/mol. The van der Waals surface area contributed by atoms with Crippen molar-refractivity contribution in [2.75, 3.05) is 26.1 Å². The van der Waals surface area contributed by atoms with E-state index >= 15 is 0 Å². The Kier molecular flexibility index (Phi) is 6.01. The third kappa shape index (κ3) is 5.01. The topological polar surface area (TPSA) is 102 Å². The van der Waals surface area contributed by atoms with Gasteiger partial charge in [-0.2, -0.15) is 0 Å². The number of amides is 2. The minimum Gasteiger partial charge on any atom is -0.497 e. The number of rotatable bonds is 7. The summed E-state index contributed by atoms with van der Waals surface area (Å²) in [5.41, 5.74) is 0.626. The van der Waals surface area contributed by atoms with Crippen molar-refractivity contribution in [3.05, 3.63) is 34.3 Å². The minimum absolute atomic E-state index is 0.0242. The zero-order chi connectivity index (χ0) is 16.7. The molecule has 0 fully saturated rings. The van der Waals surface area contributed by atoms with Gasteiger partial charge in [0.1, 0.15) is 17.4 Å². The second kappa shape index (κ2) is 8.20. The van der Waals surface area contributed by atoms with Gasteiger partial charge in [0, 0.05) is 12.8 Å². The molecule has 0 saturated heterocycles. The van der Waals surface area contributed by atoms with Crippen molar-refractivity contribution in [1.82, 2.24) is 15.5 Å². The molecule has 0 radical (unpaired) electrons. The van der Waals surface area contributed by atoms with Gasteiger partial charge in [-0.05, 0) is 24.3 Å². The van der Waals surface area contributed by atoms with Crippen LogP contribution in [0.5, 0.6) is 5.75 Å². The molecule has 122 valence electrons. The van der Waals surface area contributed by atoms with E-state index in [1.54, 1.807) is 31.4 Å². The predicted octanol–water partition coefficient (Wildman–Crippen LogP) is 1.06. The summed E-state index contributed by atoms with van der Waals surface area (Å²) < 4.78 is 9.75. The summed E-state index contributed by atoms with van der Waals surface area (Å²) in [6.45, 7) is 0.180. The van der Waals surface area contributed by atoms with Crippen molar-refractivity contribution in [1.29, 1.82) is 0 Å². The maximum absolute atomic E-state index is 12.1. The smallest absolute Gasteiger partial charge is 0.286 e. The van der Waals surface area contributed by atoms with Crippen LogP contribution in [0.3, 0.4) is 0 Å². The Bertz CT molecular complexity index is 672. The molecule has 0 aliphatic rings. The molecule has 0 bridgehead atoms. The summed E-state index contributed by atoms with van der Waals surface area (Å²) in [5.74, 6) is 0.0853. The van der Waals surface area contributed by atoms with Crippen molar-refractivity contribution in [2.24, 2.45) is 0 Å². The molecular formula is C14H16N4O4S. The van der Waals surface area contributed by atoms with Gasteiger partial charge in [-0.1, -0.05) is 11.3 Å². The number of anilines is 1. The lowest BCUT2D eigenvalue weighted by Crippen LogP contribution is -2.26. The number of nitrogens with zero attached hydrogens (tertiary/aromatic N) is 2. The SMILES string of the molecule is COCC(=O)NCc1nnc(C(=O)Nc2ccc(OC)cc2)s1. The van der Waals surface area contributed by atoms with Gasteiger partial charge < -0.3 is 20.1 Å². The standard InChI is InChI=1S/C14H16N4O4S/c1-21-8-11(19)15-7-12-17-18-14(23-12)13(20)16-9-3-5-10(22-2)6-4-9/h3-6H,7-8H2,1-2H3,(H,15,19)(H,16,20). The number of ether oxygens (including phenoxy) is 2. The fourth-order valence-electron chi connectivity index (χ4n) is 1.63. The number of hydrogen-bond donors (Lipinski definition) is 2. The van der Waals surface area contributed by atoms with Crippen LogP contribution in [0, 0.1) is 0 Å². The van der Waals surface area contributed by atoms with Crippen LogP contribution in [-0.2, 0) is 16.1 Å². The molecule has 9 heteroatoms. The number of carbonyl (C=O) groups is 2. The number of carbonyl (C=O) groups excluding carboxylic acids is 2. The van der Waals surface area contributed by atoms with E-state index in [2.05, 4.69) is 20.8 Å². The highest BCUT2D eigenvalue weighted by molar-refractivity contribution is 7.13. The quantitative estimate of drug-likeness (QED) is 0.784. The Morgan fingerprint density at radius 1 is 1.17 bits per heavy atom. The van der Waals surface area contributed by atoms with Crippen LogP contribution in [0.1, 0.15) is 14.8 Å². The van der Waals surface area contributed by atoms with Gasteiger partial charge in [0.15, 0.2) is 0 Å². The normalized spacial score (nSPS) is 10.2. The lowest BCUT2D eigenvalue weighted by Gasteiger charge is -2.04. The van der Waals surface area contributed by atoms with E-state index in [1.165, 1.54) is 7.11 Å². The molecule has 0 aliphatic carbocycles. The van der Waals surface area contributed by atoms with E-state index in [-0.39, 0.29) is 30.0 Å². The summed E-state index contributed by atoms with van der Waals surface area (Å²) in [6.07, 6.45) is 0. The molecule has 2 rings (SSSR count). The first-order valence-corrected chi connectivity index (χ1v) is 7.47. The molecule has 2 N–H and O–H groups in total. The molecule has 1 aromatic heterocycles. The summed E-state index contributed by atoms with van der Waals surface area (Å²) in [5, 5.41) is 13.8. The summed E-state index contributed by atoms with van der Waals surface area (Å²) in [4.78, 5) is 23.4. The first kappa shape index (κ1) is 16.8. The number of nitrogens with one attached hydrogen (secondary N) is 2. The van der Waals surface area contributed by atoms with Gasteiger partial charge in [-0.3, -0.25) is 9.59 Å². The second-order valence-electron chi connectivity index (χ2n) is 4.39. The third-order valence-electron chi connectivity index (χ3n) is 2.72. The number of methoxy groups -OCH3 is 2. The van der Waals surface area contributed by atoms with Crippen LogP contribution in [0.25, 0.3) is 0 Å². The Labute approximate surface area is 136 Å². The second-order valence-corrected chi connectivity index (χ2v) is 5.46. The van der Waals surface area contributed by atoms with E-state index in [0.29, 0.717) is 16.4 Å². The monoisotopic (exact) mass is 336 g/mol. The van der Waals surface area contributed by atoms with Crippen molar-refractivity contribution in [2.45, 2.75) is 6.54 Å². The molecule has 0 spiro atoms. The molecule has 23 heavy (non-hydrogen) atoms. The highest BCUT2D eigenvalue weighted by Crippen LogP contribution is 2.17. The molecule has 0 aliphatic heterocycles. The Balaban J connectivity index is 1.91. The van der Waals surface area contributed by atoms with Crippen LogP contribution < -0.4 is 15.4 Å². The molecule has 8 nitrogen and oxygen atoms in total. The van der Waals surface area contributed by atoms with E-state index in [0.717, 1.165) is 11.3 Å². The molecule has 0 saturated carbocycles. The van der Waals surface area contributed by atoms with Crippen LogP contribution in [0.4, 0.5) is 5.69 Å². The maximum atomic E-state index is 12.1. The average molecular weight is 336 g/mol. The largest absolute Gasteiger partial charge is 0.497 e. The molecule has 2 aromatic rings. The van der Waals surface area contributed by atoms with Gasteiger partial charge >= 0.3 is 0 Å². The average Bonchev–Trinajstić information content (AvgIpc) is 3.03. The van der Waals surface area contributed by atoms with Crippen molar-refractivity contribution >= 4 is 28.8 Å². The number of aromatic nitrogens is 2. The minimum atomic E-state index is -0.359. The third-order valence-corrected chi connectivity index (χ3v) is 3.64. The highest BCUT2D eigenvalue weighted by atomic mass is 32.1. The lowest BCUT2D eigenvalue weighted by molar-refractivity contribution is -0.124. The van der Waals surface area contributed by atoms with E-state index in [4.69, 9.17) is 9.47 Å². The number of hydrogen-bond acceptors (Lipinski definition) is 7. The molecule has 0 unspecified atom stereocenters. The first-order valence-electron chi connectivity index (χ1n) is 6.66. The molecule has 1 heterocycles. The molecule has 1 aromatic carbocycles. The molecule has 0 atom stereocenters. The van der Waals surface area contributed by atoms with Crippen LogP contribution in [0.2, 0.25) is 0 Å². The summed E-state index contributed by atoms with van der Waals surface area (Å²) >= 11 is 1.11. The lowest BCUT2D eigenvalue weighted by atomic mass is 10.3. The Morgan fingerprint density at radius 2 is 1.91 bits per heavy atom.